The van der Waals surface area contributed by atoms with Crippen molar-refractivity contribution in [2.45, 2.75) is 44.4 Å². The molecule has 2 unspecified atom stereocenters. The molecule has 0 radical (unpaired) electrons. The minimum absolute atomic E-state index is 0.0127. The quantitative estimate of drug-likeness (QED) is 0.733. The van der Waals surface area contributed by atoms with Crippen molar-refractivity contribution in [1.29, 1.82) is 0 Å². The van der Waals surface area contributed by atoms with Gasteiger partial charge in [-0.3, -0.25) is 9.59 Å². The fourth-order valence-electron chi connectivity index (χ4n) is 4.22. The van der Waals surface area contributed by atoms with Crippen molar-refractivity contribution in [1.82, 2.24) is 10.3 Å². The predicted molar refractivity (Wildman–Crippen MR) is 109 cm³/mol. The summed E-state index contributed by atoms with van der Waals surface area (Å²) in [5.41, 5.74) is 1.53. The summed E-state index contributed by atoms with van der Waals surface area (Å²) in [4.78, 5) is 28.0. The number of carbonyl (C=O) groups is 2. The molecule has 1 spiro atoms. The lowest BCUT2D eigenvalue weighted by Crippen LogP contribution is -2.42. The van der Waals surface area contributed by atoms with Gasteiger partial charge < -0.3 is 24.3 Å². The van der Waals surface area contributed by atoms with Crippen LogP contribution >= 0.6 is 11.6 Å². The molecular weight excluding hydrogens is 412 g/mol. The second kappa shape index (κ2) is 7.92. The van der Waals surface area contributed by atoms with E-state index in [2.05, 4.69) is 10.3 Å². The molecule has 160 valence electrons. The Hall–Kier alpha value is -2.58. The SMILES string of the molecule is COC(=O)C1CC2(CCc3c(c(COC(C)=O)nc4ccc(OC)c(Cl)c34)O2)CN1. The third kappa shape index (κ3) is 3.54. The van der Waals surface area contributed by atoms with E-state index in [9.17, 15) is 9.59 Å². The maximum Gasteiger partial charge on any atom is 0.323 e. The number of rotatable bonds is 4. The van der Waals surface area contributed by atoms with Crippen molar-refractivity contribution in [2.24, 2.45) is 0 Å². The van der Waals surface area contributed by atoms with Gasteiger partial charge in [0.1, 0.15) is 35.4 Å². The molecule has 4 rings (SSSR count). The minimum atomic E-state index is -0.572. The number of ether oxygens (including phenoxy) is 4. The number of hydrogen-bond acceptors (Lipinski definition) is 8. The van der Waals surface area contributed by atoms with Crippen LogP contribution < -0.4 is 14.8 Å². The number of nitrogens with one attached hydrogen (secondary N) is 1. The van der Waals surface area contributed by atoms with Crippen molar-refractivity contribution < 1.29 is 28.5 Å². The van der Waals surface area contributed by atoms with E-state index in [-0.39, 0.29) is 12.6 Å². The molecule has 0 bridgehead atoms. The molecule has 0 amide bonds. The van der Waals surface area contributed by atoms with Crippen molar-refractivity contribution in [3.8, 4) is 11.5 Å². The van der Waals surface area contributed by atoms with Gasteiger partial charge in [-0.05, 0) is 25.0 Å². The smallest absolute Gasteiger partial charge is 0.323 e. The van der Waals surface area contributed by atoms with Crippen molar-refractivity contribution in [2.75, 3.05) is 20.8 Å². The zero-order valence-electron chi connectivity index (χ0n) is 17.0. The number of hydrogen-bond donors (Lipinski definition) is 1. The molecular formula is C21H23ClN2O6. The molecule has 30 heavy (non-hydrogen) atoms. The zero-order chi connectivity index (χ0) is 21.5. The Kier molecular flexibility index (Phi) is 5.46. The van der Waals surface area contributed by atoms with E-state index in [1.165, 1.54) is 14.0 Å². The first-order chi connectivity index (χ1) is 14.4. The van der Waals surface area contributed by atoms with E-state index in [1.54, 1.807) is 13.2 Å². The third-order valence-corrected chi connectivity index (χ3v) is 6.07. The molecule has 0 aliphatic carbocycles. The van der Waals surface area contributed by atoms with Gasteiger partial charge in [-0.25, -0.2) is 4.98 Å². The van der Waals surface area contributed by atoms with Crippen LogP contribution in [0.2, 0.25) is 5.02 Å². The van der Waals surface area contributed by atoms with Gasteiger partial charge in [0.25, 0.3) is 0 Å². The highest BCUT2D eigenvalue weighted by Gasteiger charge is 2.47. The standard InChI is InChI=1S/C21H23ClN2O6/c1-11(25)29-9-15-19-12(17-13(24-15)4-5-16(27-2)18(17)22)6-7-21(30-19)8-14(23-10-21)20(26)28-3/h4-5,14,23H,6-10H2,1-3H3. The Balaban J connectivity index is 1.79. The van der Waals surface area contributed by atoms with E-state index in [1.807, 2.05) is 6.07 Å². The van der Waals surface area contributed by atoms with Crippen LogP contribution in [-0.4, -0.2) is 49.3 Å². The van der Waals surface area contributed by atoms with E-state index in [4.69, 9.17) is 30.5 Å². The van der Waals surface area contributed by atoms with Crippen molar-refractivity contribution >= 4 is 34.4 Å². The summed E-state index contributed by atoms with van der Waals surface area (Å²) in [6.07, 6.45) is 1.85. The minimum Gasteiger partial charge on any atom is -0.495 e. The van der Waals surface area contributed by atoms with Crippen LogP contribution in [0.4, 0.5) is 0 Å². The molecule has 2 aliphatic rings. The Labute approximate surface area is 178 Å². The first kappa shape index (κ1) is 20.7. The van der Waals surface area contributed by atoms with Crippen LogP contribution in [0, 0.1) is 0 Å². The molecule has 2 aliphatic heterocycles. The molecule has 1 aromatic carbocycles. The lowest BCUT2D eigenvalue weighted by molar-refractivity contribution is -0.143. The number of methoxy groups -OCH3 is 2. The highest BCUT2D eigenvalue weighted by molar-refractivity contribution is 6.37. The van der Waals surface area contributed by atoms with Crippen molar-refractivity contribution in [3.63, 3.8) is 0 Å². The fourth-order valence-corrected chi connectivity index (χ4v) is 4.57. The van der Waals surface area contributed by atoms with Crippen LogP contribution in [0.3, 0.4) is 0 Å². The van der Waals surface area contributed by atoms with Gasteiger partial charge in [-0.2, -0.15) is 0 Å². The molecule has 9 heteroatoms. The number of nitrogens with zero attached hydrogens (tertiary/aromatic N) is 1. The molecule has 1 fully saturated rings. The van der Waals surface area contributed by atoms with E-state index in [0.717, 1.165) is 10.9 Å². The summed E-state index contributed by atoms with van der Waals surface area (Å²) in [7, 11) is 2.93. The number of aromatic nitrogens is 1. The number of pyridine rings is 1. The number of benzene rings is 1. The summed E-state index contributed by atoms with van der Waals surface area (Å²) in [5, 5.41) is 4.42. The Morgan fingerprint density at radius 1 is 1.37 bits per heavy atom. The zero-order valence-corrected chi connectivity index (χ0v) is 17.8. The summed E-state index contributed by atoms with van der Waals surface area (Å²) >= 11 is 6.61. The predicted octanol–water partition coefficient (Wildman–Crippen LogP) is 2.56. The second-order valence-electron chi connectivity index (χ2n) is 7.57. The monoisotopic (exact) mass is 434 g/mol. The average molecular weight is 435 g/mol. The third-order valence-electron chi connectivity index (χ3n) is 5.69. The number of esters is 2. The van der Waals surface area contributed by atoms with Crippen molar-refractivity contribution in [3.05, 3.63) is 28.4 Å². The van der Waals surface area contributed by atoms with Gasteiger partial charge in [0.15, 0.2) is 0 Å². The molecule has 8 nitrogen and oxygen atoms in total. The molecule has 1 saturated heterocycles. The molecule has 0 saturated carbocycles. The number of carbonyl (C=O) groups excluding carboxylic acids is 2. The number of fused-ring (bicyclic) bond motifs is 3. The summed E-state index contributed by atoms with van der Waals surface area (Å²) in [5.74, 6) is 0.384. The Morgan fingerprint density at radius 2 is 2.17 bits per heavy atom. The molecule has 2 atom stereocenters. The highest BCUT2D eigenvalue weighted by atomic mass is 35.5. The lowest BCUT2D eigenvalue weighted by atomic mass is 9.87. The molecule has 1 aromatic heterocycles. The van der Waals surface area contributed by atoms with Gasteiger partial charge in [0.05, 0.1) is 24.8 Å². The maximum atomic E-state index is 12.0. The molecule has 2 aromatic rings. The van der Waals surface area contributed by atoms with E-state index >= 15 is 0 Å². The lowest BCUT2D eigenvalue weighted by Gasteiger charge is -2.36. The van der Waals surface area contributed by atoms with Gasteiger partial charge in [0.2, 0.25) is 0 Å². The second-order valence-corrected chi connectivity index (χ2v) is 7.95. The topological polar surface area (TPSA) is 96.0 Å². The largest absolute Gasteiger partial charge is 0.495 e. The first-order valence-corrected chi connectivity index (χ1v) is 10.1. The van der Waals surface area contributed by atoms with Crippen LogP contribution in [-0.2, 0) is 32.1 Å². The fraction of sp³-hybridized carbons (Fsp3) is 0.476. The van der Waals surface area contributed by atoms with Gasteiger partial charge in [-0.1, -0.05) is 11.6 Å². The molecule has 3 heterocycles. The number of halogens is 1. The van der Waals surface area contributed by atoms with E-state index in [0.29, 0.717) is 53.5 Å². The average Bonchev–Trinajstić information content (AvgIpc) is 3.14. The maximum absolute atomic E-state index is 12.0. The highest BCUT2D eigenvalue weighted by Crippen LogP contribution is 2.45. The Morgan fingerprint density at radius 3 is 2.87 bits per heavy atom. The Bertz CT molecular complexity index is 1030. The summed E-state index contributed by atoms with van der Waals surface area (Å²) in [6.45, 7) is 1.84. The summed E-state index contributed by atoms with van der Waals surface area (Å²) in [6, 6.07) is 3.16. The van der Waals surface area contributed by atoms with Gasteiger partial charge >= 0.3 is 11.9 Å². The van der Waals surface area contributed by atoms with Crippen LogP contribution in [0.5, 0.6) is 11.5 Å². The summed E-state index contributed by atoms with van der Waals surface area (Å²) < 4.78 is 21.9. The van der Waals surface area contributed by atoms with Gasteiger partial charge in [0, 0.05) is 30.8 Å². The number of aryl methyl sites for hydroxylation is 1. The first-order valence-electron chi connectivity index (χ1n) is 9.69. The van der Waals surface area contributed by atoms with Gasteiger partial charge in [-0.15, -0.1) is 0 Å². The van der Waals surface area contributed by atoms with E-state index < -0.39 is 17.6 Å². The molecule has 1 N–H and O–H groups in total. The van der Waals surface area contributed by atoms with Crippen LogP contribution in [0.15, 0.2) is 12.1 Å². The van der Waals surface area contributed by atoms with Crippen LogP contribution in [0.1, 0.15) is 31.0 Å². The normalized spacial score (nSPS) is 22.5. The van der Waals surface area contributed by atoms with Crippen LogP contribution in [0.25, 0.3) is 10.9 Å².